The van der Waals surface area contributed by atoms with Crippen molar-refractivity contribution in [2.45, 2.75) is 57.5 Å². The molecule has 11 heteroatoms. The molecule has 0 atom stereocenters. The first kappa shape index (κ1) is 24.4. The average Bonchev–Trinajstić information content (AvgIpc) is 3.28. The number of aromatic nitrogens is 2. The highest BCUT2D eigenvalue weighted by atomic mass is 32.1. The molecule has 0 saturated heterocycles. The van der Waals surface area contributed by atoms with E-state index in [0.717, 1.165) is 43.4 Å². The minimum atomic E-state index is -0.598. The predicted octanol–water partition coefficient (Wildman–Crippen LogP) is 3.25. The third-order valence-electron chi connectivity index (χ3n) is 5.39. The van der Waals surface area contributed by atoms with E-state index in [4.69, 9.17) is 9.47 Å². The fourth-order valence-electron chi connectivity index (χ4n) is 3.78. The van der Waals surface area contributed by atoms with Crippen molar-refractivity contribution in [1.29, 1.82) is 0 Å². The first-order chi connectivity index (χ1) is 15.9. The monoisotopic (exact) mass is 475 g/mol. The summed E-state index contributed by atoms with van der Waals surface area (Å²) in [7, 11) is 1.57. The second-order valence-corrected chi connectivity index (χ2v) is 8.88. The maximum atomic E-state index is 12.6. The number of amides is 3. The van der Waals surface area contributed by atoms with E-state index < -0.39 is 5.54 Å². The molecule has 1 aliphatic rings. The summed E-state index contributed by atoms with van der Waals surface area (Å²) < 4.78 is 10.2. The van der Waals surface area contributed by atoms with Crippen LogP contribution in [0.2, 0.25) is 0 Å². The third-order valence-corrected chi connectivity index (χ3v) is 6.31. The van der Waals surface area contributed by atoms with Crippen LogP contribution in [-0.4, -0.2) is 47.4 Å². The average molecular weight is 476 g/mol. The van der Waals surface area contributed by atoms with Crippen LogP contribution in [0.15, 0.2) is 24.3 Å². The number of ether oxygens (including phenoxy) is 2. The van der Waals surface area contributed by atoms with Crippen molar-refractivity contribution in [3.05, 3.63) is 34.3 Å². The first-order valence-electron chi connectivity index (χ1n) is 10.9. The van der Waals surface area contributed by atoms with Gasteiger partial charge in [-0.25, -0.2) is 4.79 Å². The number of nitrogens with zero attached hydrogens (tertiary/aromatic N) is 2. The number of urea groups is 1. The highest BCUT2D eigenvalue weighted by molar-refractivity contribution is 7.13. The van der Waals surface area contributed by atoms with E-state index in [1.807, 2.05) is 0 Å². The molecule has 3 N–H and O–H groups in total. The summed E-state index contributed by atoms with van der Waals surface area (Å²) in [5.74, 6) is -0.00638. The number of anilines is 1. The highest BCUT2D eigenvalue weighted by Crippen LogP contribution is 2.31. The SMILES string of the molecule is CCOC(=O)CC1(NC(=O)NCc2nnc(C(=O)Nc3ccc(OC)cc3)s2)CCCCC1. The van der Waals surface area contributed by atoms with Crippen molar-refractivity contribution in [3.63, 3.8) is 0 Å². The summed E-state index contributed by atoms with van der Waals surface area (Å²) >= 11 is 1.10. The summed E-state index contributed by atoms with van der Waals surface area (Å²) in [4.78, 5) is 37.0. The zero-order chi connectivity index (χ0) is 23.7. The third kappa shape index (κ3) is 7.14. The van der Waals surface area contributed by atoms with Gasteiger partial charge in [-0.3, -0.25) is 9.59 Å². The zero-order valence-corrected chi connectivity index (χ0v) is 19.6. The molecule has 0 bridgehead atoms. The summed E-state index contributed by atoms with van der Waals surface area (Å²) in [6.45, 7) is 2.19. The van der Waals surface area contributed by atoms with Gasteiger partial charge in [-0.1, -0.05) is 30.6 Å². The van der Waals surface area contributed by atoms with Gasteiger partial charge in [0.05, 0.1) is 32.2 Å². The van der Waals surface area contributed by atoms with E-state index in [-0.39, 0.29) is 35.9 Å². The van der Waals surface area contributed by atoms with Crippen LogP contribution < -0.4 is 20.7 Å². The van der Waals surface area contributed by atoms with E-state index in [2.05, 4.69) is 26.1 Å². The Kier molecular flexibility index (Phi) is 8.58. The van der Waals surface area contributed by atoms with Gasteiger partial charge < -0.3 is 25.4 Å². The number of nitrogens with one attached hydrogen (secondary N) is 3. The number of carbonyl (C=O) groups excluding carboxylic acids is 3. The Labute approximate surface area is 196 Å². The number of benzene rings is 1. The quantitative estimate of drug-likeness (QED) is 0.474. The Balaban J connectivity index is 1.52. The lowest BCUT2D eigenvalue weighted by molar-refractivity contribution is -0.145. The molecule has 1 aliphatic carbocycles. The number of rotatable bonds is 9. The topological polar surface area (TPSA) is 132 Å². The molecule has 2 aromatic rings. The van der Waals surface area contributed by atoms with Gasteiger partial charge in [0.1, 0.15) is 10.8 Å². The molecule has 178 valence electrons. The van der Waals surface area contributed by atoms with Gasteiger partial charge in [0.2, 0.25) is 5.01 Å². The van der Waals surface area contributed by atoms with Crippen LogP contribution in [0.1, 0.15) is 60.3 Å². The fourth-order valence-corrected chi connectivity index (χ4v) is 4.45. The van der Waals surface area contributed by atoms with Crippen molar-refractivity contribution >= 4 is 34.9 Å². The minimum Gasteiger partial charge on any atom is -0.497 e. The molecule has 10 nitrogen and oxygen atoms in total. The van der Waals surface area contributed by atoms with Gasteiger partial charge in [0.25, 0.3) is 5.91 Å². The molecular weight excluding hydrogens is 446 g/mol. The highest BCUT2D eigenvalue weighted by Gasteiger charge is 2.36. The van der Waals surface area contributed by atoms with Gasteiger partial charge in [0.15, 0.2) is 0 Å². The Morgan fingerprint density at radius 1 is 1.09 bits per heavy atom. The normalized spacial score (nSPS) is 14.7. The van der Waals surface area contributed by atoms with E-state index in [1.54, 1.807) is 38.3 Å². The maximum Gasteiger partial charge on any atom is 0.315 e. The Bertz CT molecular complexity index is 956. The summed E-state index contributed by atoms with van der Waals surface area (Å²) in [5, 5.41) is 17.1. The van der Waals surface area contributed by atoms with Crippen molar-refractivity contribution in [1.82, 2.24) is 20.8 Å². The molecule has 0 unspecified atom stereocenters. The van der Waals surface area contributed by atoms with E-state index in [0.29, 0.717) is 23.1 Å². The van der Waals surface area contributed by atoms with Crippen molar-refractivity contribution in [3.8, 4) is 5.75 Å². The van der Waals surface area contributed by atoms with Crippen LogP contribution in [-0.2, 0) is 16.1 Å². The molecule has 1 aromatic carbocycles. The smallest absolute Gasteiger partial charge is 0.315 e. The van der Waals surface area contributed by atoms with E-state index >= 15 is 0 Å². The van der Waals surface area contributed by atoms with Crippen LogP contribution in [0.25, 0.3) is 0 Å². The summed E-state index contributed by atoms with van der Waals surface area (Å²) in [6.07, 6.45) is 4.59. The first-order valence-corrected chi connectivity index (χ1v) is 11.7. The van der Waals surface area contributed by atoms with Crippen molar-refractivity contribution in [2.24, 2.45) is 0 Å². The Hall–Kier alpha value is -3.21. The second kappa shape index (κ2) is 11.6. The number of esters is 1. The van der Waals surface area contributed by atoms with E-state index in [9.17, 15) is 14.4 Å². The number of methoxy groups -OCH3 is 1. The zero-order valence-electron chi connectivity index (χ0n) is 18.8. The molecule has 33 heavy (non-hydrogen) atoms. The minimum absolute atomic E-state index is 0.120. The molecule has 0 radical (unpaired) electrons. The molecule has 0 spiro atoms. The van der Waals surface area contributed by atoms with Crippen LogP contribution in [0.5, 0.6) is 5.75 Å². The molecule has 1 heterocycles. The molecular formula is C22H29N5O5S. The predicted molar refractivity (Wildman–Crippen MR) is 123 cm³/mol. The lowest BCUT2D eigenvalue weighted by Crippen LogP contribution is -2.54. The fraction of sp³-hybridized carbons (Fsp3) is 0.500. The molecule has 1 aromatic heterocycles. The molecule has 3 amide bonds. The van der Waals surface area contributed by atoms with Crippen LogP contribution >= 0.6 is 11.3 Å². The number of hydrogen-bond acceptors (Lipinski definition) is 8. The van der Waals surface area contributed by atoms with Gasteiger partial charge in [-0.15, -0.1) is 10.2 Å². The lowest BCUT2D eigenvalue weighted by Gasteiger charge is -2.37. The second-order valence-electron chi connectivity index (χ2n) is 7.81. The van der Waals surface area contributed by atoms with Gasteiger partial charge >= 0.3 is 12.0 Å². The lowest BCUT2D eigenvalue weighted by atomic mass is 9.79. The molecule has 0 aliphatic heterocycles. The number of carbonyl (C=O) groups is 3. The van der Waals surface area contributed by atoms with E-state index in [1.165, 1.54) is 0 Å². The van der Waals surface area contributed by atoms with Crippen LogP contribution in [0.3, 0.4) is 0 Å². The number of hydrogen-bond donors (Lipinski definition) is 3. The molecule has 1 fully saturated rings. The largest absolute Gasteiger partial charge is 0.497 e. The van der Waals surface area contributed by atoms with Gasteiger partial charge in [-0.05, 0) is 44.0 Å². The Morgan fingerprint density at radius 2 is 1.82 bits per heavy atom. The standard InChI is InChI=1S/C22H29N5O5S/c1-3-32-18(28)13-22(11-5-4-6-12-22)25-21(30)23-14-17-26-27-20(33-17)19(29)24-15-7-9-16(31-2)10-8-15/h7-10H,3-6,11-14H2,1-2H3,(H,24,29)(H2,23,25,30). The Morgan fingerprint density at radius 3 is 2.48 bits per heavy atom. The summed E-state index contributed by atoms with van der Waals surface area (Å²) in [6, 6.07) is 6.54. The van der Waals surface area contributed by atoms with Crippen molar-refractivity contribution in [2.75, 3.05) is 19.0 Å². The van der Waals surface area contributed by atoms with Crippen LogP contribution in [0.4, 0.5) is 10.5 Å². The van der Waals surface area contributed by atoms with Crippen LogP contribution in [0, 0.1) is 0 Å². The summed E-state index contributed by atoms with van der Waals surface area (Å²) in [5.41, 5.74) is 0.00787. The van der Waals surface area contributed by atoms with Gasteiger partial charge in [-0.2, -0.15) is 0 Å². The molecule has 3 rings (SSSR count). The molecule has 1 saturated carbocycles. The van der Waals surface area contributed by atoms with Crippen molar-refractivity contribution < 1.29 is 23.9 Å². The maximum absolute atomic E-state index is 12.6. The van der Waals surface area contributed by atoms with Gasteiger partial charge in [0, 0.05) is 5.69 Å².